The maximum atomic E-state index is 11.8. The minimum Gasteiger partial charge on any atom is -0.356 e. The number of hydrogen-bond acceptors (Lipinski definition) is 2. The molecule has 0 aliphatic heterocycles. The number of nitrogens with one attached hydrogen (secondary N) is 1. The van der Waals surface area contributed by atoms with Gasteiger partial charge in [0.1, 0.15) is 0 Å². The van der Waals surface area contributed by atoms with Gasteiger partial charge >= 0.3 is 0 Å². The predicted molar refractivity (Wildman–Crippen MR) is 78.8 cm³/mol. The van der Waals surface area contributed by atoms with Crippen molar-refractivity contribution in [1.29, 1.82) is 0 Å². The highest BCUT2D eigenvalue weighted by molar-refractivity contribution is 5.76. The SMILES string of the molecule is NC1CCC(CC(=O)NCCCC2CCCC2)CC1. The van der Waals surface area contributed by atoms with Crippen molar-refractivity contribution in [1.82, 2.24) is 5.32 Å². The van der Waals surface area contributed by atoms with Gasteiger partial charge < -0.3 is 11.1 Å². The minimum atomic E-state index is 0.256. The van der Waals surface area contributed by atoms with Crippen LogP contribution in [-0.4, -0.2) is 18.5 Å². The molecule has 3 nitrogen and oxygen atoms in total. The fourth-order valence-corrected chi connectivity index (χ4v) is 3.64. The van der Waals surface area contributed by atoms with Gasteiger partial charge in [0.15, 0.2) is 0 Å². The van der Waals surface area contributed by atoms with Crippen LogP contribution in [0.15, 0.2) is 0 Å². The molecule has 0 radical (unpaired) electrons. The first-order valence-corrected chi connectivity index (χ1v) is 8.26. The molecule has 2 saturated carbocycles. The second-order valence-electron chi connectivity index (χ2n) is 6.63. The van der Waals surface area contributed by atoms with Gasteiger partial charge in [-0.25, -0.2) is 0 Å². The van der Waals surface area contributed by atoms with Gasteiger partial charge in [-0.3, -0.25) is 4.79 Å². The number of carbonyl (C=O) groups excluding carboxylic acids is 1. The van der Waals surface area contributed by atoms with Gasteiger partial charge in [0.2, 0.25) is 5.91 Å². The van der Waals surface area contributed by atoms with E-state index in [1.807, 2.05) is 0 Å². The summed E-state index contributed by atoms with van der Waals surface area (Å²) in [5, 5.41) is 3.09. The van der Waals surface area contributed by atoms with E-state index in [1.54, 1.807) is 0 Å². The van der Waals surface area contributed by atoms with Crippen molar-refractivity contribution >= 4 is 5.91 Å². The molecule has 2 aliphatic carbocycles. The molecule has 3 N–H and O–H groups in total. The fraction of sp³-hybridized carbons (Fsp3) is 0.938. The molecule has 0 bridgehead atoms. The summed E-state index contributed by atoms with van der Waals surface area (Å²) in [5.74, 6) is 1.78. The second kappa shape index (κ2) is 7.88. The van der Waals surface area contributed by atoms with Crippen LogP contribution in [0.25, 0.3) is 0 Å². The lowest BCUT2D eigenvalue weighted by Crippen LogP contribution is -2.31. The third kappa shape index (κ3) is 5.52. The predicted octanol–water partition coefficient (Wildman–Crippen LogP) is 2.98. The third-order valence-corrected chi connectivity index (χ3v) is 4.95. The Morgan fingerprint density at radius 2 is 1.68 bits per heavy atom. The first-order valence-electron chi connectivity index (χ1n) is 8.26. The summed E-state index contributed by atoms with van der Waals surface area (Å²) in [5.41, 5.74) is 5.89. The number of nitrogens with two attached hydrogens (primary N) is 1. The molecule has 110 valence electrons. The molecule has 2 rings (SSSR count). The lowest BCUT2D eigenvalue weighted by molar-refractivity contribution is -0.122. The first-order chi connectivity index (χ1) is 9.24. The van der Waals surface area contributed by atoms with Crippen LogP contribution in [0.5, 0.6) is 0 Å². The van der Waals surface area contributed by atoms with E-state index in [2.05, 4.69) is 5.32 Å². The monoisotopic (exact) mass is 266 g/mol. The van der Waals surface area contributed by atoms with Crippen LogP contribution >= 0.6 is 0 Å². The normalized spacial score (nSPS) is 28.5. The van der Waals surface area contributed by atoms with Crippen LogP contribution < -0.4 is 11.1 Å². The Kier molecular flexibility index (Phi) is 6.15. The zero-order valence-corrected chi connectivity index (χ0v) is 12.2. The topological polar surface area (TPSA) is 55.1 Å². The van der Waals surface area contributed by atoms with Crippen LogP contribution in [0.2, 0.25) is 0 Å². The lowest BCUT2D eigenvalue weighted by Gasteiger charge is -2.25. The Morgan fingerprint density at radius 3 is 2.37 bits per heavy atom. The maximum Gasteiger partial charge on any atom is 0.220 e. The molecule has 2 fully saturated rings. The molecular weight excluding hydrogens is 236 g/mol. The van der Waals surface area contributed by atoms with Crippen LogP contribution in [0, 0.1) is 11.8 Å². The number of amides is 1. The summed E-state index contributed by atoms with van der Waals surface area (Å²) >= 11 is 0. The van der Waals surface area contributed by atoms with Crippen molar-refractivity contribution in [2.24, 2.45) is 17.6 Å². The Hall–Kier alpha value is -0.570. The fourth-order valence-electron chi connectivity index (χ4n) is 3.64. The lowest BCUT2D eigenvalue weighted by atomic mass is 9.84. The molecular formula is C16H30N2O. The van der Waals surface area contributed by atoms with Crippen LogP contribution in [0.3, 0.4) is 0 Å². The van der Waals surface area contributed by atoms with E-state index in [0.717, 1.165) is 51.0 Å². The van der Waals surface area contributed by atoms with E-state index in [9.17, 15) is 4.79 Å². The Balaban J connectivity index is 1.49. The summed E-state index contributed by atoms with van der Waals surface area (Å²) in [4.78, 5) is 11.8. The van der Waals surface area contributed by atoms with Crippen molar-refractivity contribution in [2.75, 3.05) is 6.54 Å². The van der Waals surface area contributed by atoms with E-state index < -0.39 is 0 Å². The zero-order valence-electron chi connectivity index (χ0n) is 12.2. The van der Waals surface area contributed by atoms with E-state index in [-0.39, 0.29) is 5.91 Å². The molecule has 0 aromatic heterocycles. The molecule has 0 heterocycles. The average Bonchev–Trinajstić information content (AvgIpc) is 2.91. The average molecular weight is 266 g/mol. The molecule has 0 aromatic carbocycles. The maximum absolute atomic E-state index is 11.8. The van der Waals surface area contributed by atoms with Gasteiger partial charge in [-0.1, -0.05) is 25.7 Å². The molecule has 2 aliphatic rings. The first kappa shape index (κ1) is 14.8. The van der Waals surface area contributed by atoms with Crippen LogP contribution in [0.4, 0.5) is 0 Å². The van der Waals surface area contributed by atoms with E-state index in [0.29, 0.717) is 12.0 Å². The van der Waals surface area contributed by atoms with Crippen LogP contribution in [0.1, 0.15) is 70.6 Å². The quantitative estimate of drug-likeness (QED) is 0.726. The molecule has 3 heteroatoms. The Labute approximate surface area is 117 Å². The highest BCUT2D eigenvalue weighted by atomic mass is 16.1. The van der Waals surface area contributed by atoms with Crippen molar-refractivity contribution in [3.05, 3.63) is 0 Å². The molecule has 1 amide bonds. The number of carbonyl (C=O) groups is 1. The molecule has 19 heavy (non-hydrogen) atoms. The van der Waals surface area contributed by atoms with Crippen LogP contribution in [-0.2, 0) is 4.79 Å². The summed E-state index contributed by atoms with van der Waals surface area (Å²) in [7, 11) is 0. The highest BCUT2D eigenvalue weighted by Gasteiger charge is 2.20. The van der Waals surface area contributed by atoms with E-state index >= 15 is 0 Å². The van der Waals surface area contributed by atoms with Gasteiger partial charge in [-0.05, 0) is 50.4 Å². The van der Waals surface area contributed by atoms with Gasteiger partial charge in [0.25, 0.3) is 0 Å². The van der Waals surface area contributed by atoms with Gasteiger partial charge in [-0.2, -0.15) is 0 Å². The van der Waals surface area contributed by atoms with Gasteiger partial charge in [0.05, 0.1) is 0 Å². The smallest absolute Gasteiger partial charge is 0.220 e. The summed E-state index contributed by atoms with van der Waals surface area (Å²) in [6.07, 6.45) is 13.3. The Morgan fingerprint density at radius 1 is 1.00 bits per heavy atom. The Bertz CT molecular complexity index is 266. The number of rotatable bonds is 6. The van der Waals surface area contributed by atoms with Crippen molar-refractivity contribution < 1.29 is 4.79 Å². The largest absolute Gasteiger partial charge is 0.356 e. The molecule has 0 saturated heterocycles. The minimum absolute atomic E-state index is 0.256. The molecule has 0 spiro atoms. The standard InChI is InChI=1S/C16H30N2O/c17-15-9-7-14(8-10-15)12-16(19)18-11-3-6-13-4-1-2-5-13/h13-15H,1-12,17H2,(H,18,19). The van der Waals surface area contributed by atoms with Crippen molar-refractivity contribution in [3.8, 4) is 0 Å². The number of hydrogen-bond donors (Lipinski definition) is 2. The molecule has 0 unspecified atom stereocenters. The second-order valence-corrected chi connectivity index (χ2v) is 6.63. The van der Waals surface area contributed by atoms with E-state index in [1.165, 1.54) is 32.1 Å². The summed E-state index contributed by atoms with van der Waals surface area (Å²) < 4.78 is 0. The van der Waals surface area contributed by atoms with Crippen molar-refractivity contribution in [3.63, 3.8) is 0 Å². The molecule has 0 aromatic rings. The zero-order chi connectivity index (χ0) is 13.5. The van der Waals surface area contributed by atoms with E-state index in [4.69, 9.17) is 5.73 Å². The third-order valence-electron chi connectivity index (χ3n) is 4.95. The molecule has 0 atom stereocenters. The highest BCUT2D eigenvalue weighted by Crippen LogP contribution is 2.28. The summed E-state index contributed by atoms with van der Waals surface area (Å²) in [6.45, 7) is 0.877. The van der Waals surface area contributed by atoms with Crippen molar-refractivity contribution in [2.45, 2.75) is 76.7 Å². The van der Waals surface area contributed by atoms with Gasteiger partial charge in [0, 0.05) is 19.0 Å². The summed E-state index contributed by atoms with van der Waals surface area (Å²) in [6, 6.07) is 0.380. The van der Waals surface area contributed by atoms with Gasteiger partial charge in [-0.15, -0.1) is 0 Å².